The number of phenols is 1. The Balaban J connectivity index is 2.20. The Morgan fingerprint density at radius 2 is 1.80 bits per heavy atom. The minimum Gasteiger partial charge on any atom is -0.504 e. The lowest BCUT2D eigenvalue weighted by Crippen LogP contribution is -2.14. The molecule has 0 heterocycles. The van der Waals surface area contributed by atoms with Gasteiger partial charge in [0.1, 0.15) is 0 Å². The summed E-state index contributed by atoms with van der Waals surface area (Å²) in [7, 11) is 0. The van der Waals surface area contributed by atoms with Crippen LogP contribution in [0.4, 0.5) is 0 Å². The Labute approximate surface area is 123 Å². The number of rotatable bonds is 11. The highest BCUT2D eigenvalue weighted by Crippen LogP contribution is 2.29. The smallest absolute Gasteiger partial charge is 0.162 e. The van der Waals surface area contributed by atoms with Crippen molar-refractivity contribution in [3.63, 3.8) is 0 Å². The van der Waals surface area contributed by atoms with E-state index in [1.807, 2.05) is 19.1 Å². The van der Waals surface area contributed by atoms with Gasteiger partial charge in [0.25, 0.3) is 0 Å². The summed E-state index contributed by atoms with van der Waals surface area (Å²) in [6, 6.07) is 5.66. The summed E-state index contributed by atoms with van der Waals surface area (Å²) in [6.07, 6.45) is 7.83. The molecule has 0 unspecified atom stereocenters. The lowest BCUT2D eigenvalue weighted by molar-refractivity contribution is 0.316. The molecular formula is C17H29NO2. The highest BCUT2D eigenvalue weighted by atomic mass is 16.5. The standard InChI is InChI=1S/C17H29NO2/c1-3-5-6-7-8-9-13-18-14-15-11-10-12-16(17(15)19)20-4-2/h10-12,18-19H,3-9,13-14H2,1-2H3. The molecule has 0 aliphatic heterocycles. The van der Waals surface area contributed by atoms with E-state index in [0.717, 1.165) is 12.1 Å². The molecule has 1 rings (SSSR count). The molecule has 0 fully saturated rings. The van der Waals surface area contributed by atoms with Crippen LogP contribution >= 0.6 is 0 Å². The number of hydrogen-bond acceptors (Lipinski definition) is 3. The van der Waals surface area contributed by atoms with E-state index in [9.17, 15) is 5.11 Å². The average Bonchev–Trinajstić information content (AvgIpc) is 2.45. The number of hydrogen-bond donors (Lipinski definition) is 2. The molecule has 0 amide bonds. The van der Waals surface area contributed by atoms with Crippen LogP contribution in [-0.2, 0) is 6.54 Å². The SMILES string of the molecule is CCCCCCCCNCc1cccc(OCC)c1O. The van der Waals surface area contributed by atoms with Crippen LogP contribution in [0.3, 0.4) is 0 Å². The molecular weight excluding hydrogens is 250 g/mol. The molecule has 3 nitrogen and oxygen atoms in total. The molecule has 20 heavy (non-hydrogen) atoms. The van der Waals surface area contributed by atoms with E-state index in [1.54, 1.807) is 6.07 Å². The van der Waals surface area contributed by atoms with Crippen LogP contribution in [0.5, 0.6) is 11.5 Å². The summed E-state index contributed by atoms with van der Waals surface area (Å²) in [4.78, 5) is 0. The monoisotopic (exact) mass is 279 g/mol. The largest absolute Gasteiger partial charge is 0.504 e. The summed E-state index contributed by atoms with van der Waals surface area (Å²) >= 11 is 0. The van der Waals surface area contributed by atoms with Crippen LogP contribution in [-0.4, -0.2) is 18.3 Å². The number of aromatic hydroxyl groups is 1. The summed E-state index contributed by atoms with van der Waals surface area (Å²) < 4.78 is 5.38. The Hall–Kier alpha value is -1.22. The van der Waals surface area contributed by atoms with Crippen molar-refractivity contribution in [2.75, 3.05) is 13.2 Å². The minimum atomic E-state index is 0.268. The van der Waals surface area contributed by atoms with Crippen LogP contribution in [0.15, 0.2) is 18.2 Å². The fourth-order valence-corrected chi connectivity index (χ4v) is 2.24. The topological polar surface area (TPSA) is 41.5 Å². The van der Waals surface area contributed by atoms with E-state index in [-0.39, 0.29) is 5.75 Å². The Bertz CT molecular complexity index is 366. The lowest BCUT2D eigenvalue weighted by atomic mass is 10.1. The first-order chi connectivity index (χ1) is 9.79. The highest BCUT2D eigenvalue weighted by molar-refractivity contribution is 5.45. The molecule has 0 aliphatic carbocycles. The number of ether oxygens (including phenoxy) is 1. The first-order valence-corrected chi connectivity index (χ1v) is 7.94. The lowest BCUT2D eigenvalue weighted by Gasteiger charge is -2.11. The molecule has 0 radical (unpaired) electrons. The van der Waals surface area contributed by atoms with Crippen molar-refractivity contribution in [1.82, 2.24) is 5.32 Å². The second-order valence-corrected chi connectivity index (χ2v) is 5.14. The molecule has 114 valence electrons. The number of para-hydroxylation sites is 1. The zero-order valence-corrected chi connectivity index (χ0v) is 13.0. The maximum absolute atomic E-state index is 10.1. The summed E-state index contributed by atoms with van der Waals surface area (Å²) in [5.74, 6) is 0.844. The van der Waals surface area contributed by atoms with E-state index >= 15 is 0 Å². The van der Waals surface area contributed by atoms with Crippen molar-refractivity contribution in [3.05, 3.63) is 23.8 Å². The molecule has 1 aromatic carbocycles. The quantitative estimate of drug-likeness (QED) is 0.595. The van der Waals surface area contributed by atoms with E-state index in [4.69, 9.17) is 4.74 Å². The average molecular weight is 279 g/mol. The molecule has 0 bridgehead atoms. The van der Waals surface area contributed by atoms with Gasteiger partial charge in [-0.1, -0.05) is 51.2 Å². The normalized spacial score (nSPS) is 10.7. The number of benzene rings is 1. The molecule has 0 spiro atoms. The van der Waals surface area contributed by atoms with Crippen molar-refractivity contribution >= 4 is 0 Å². The highest BCUT2D eigenvalue weighted by Gasteiger charge is 2.06. The van der Waals surface area contributed by atoms with Gasteiger partial charge in [-0.2, -0.15) is 0 Å². The second kappa shape index (κ2) is 10.6. The van der Waals surface area contributed by atoms with Crippen molar-refractivity contribution < 1.29 is 9.84 Å². The third-order valence-corrected chi connectivity index (χ3v) is 3.40. The van der Waals surface area contributed by atoms with E-state index in [0.29, 0.717) is 18.9 Å². The van der Waals surface area contributed by atoms with Gasteiger partial charge in [0.05, 0.1) is 6.61 Å². The van der Waals surface area contributed by atoms with Gasteiger partial charge in [-0.3, -0.25) is 0 Å². The molecule has 1 aromatic rings. The van der Waals surface area contributed by atoms with Gasteiger partial charge in [-0.15, -0.1) is 0 Å². The summed E-state index contributed by atoms with van der Waals surface area (Å²) in [5.41, 5.74) is 0.905. The minimum absolute atomic E-state index is 0.268. The van der Waals surface area contributed by atoms with Gasteiger partial charge >= 0.3 is 0 Å². The summed E-state index contributed by atoms with van der Waals surface area (Å²) in [6.45, 7) is 6.43. The van der Waals surface area contributed by atoms with Gasteiger partial charge in [-0.05, 0) is 26.0 Å². The molecule has 3 heteroatoms. The molecule has 2 N–H and O–H groups in total. The Kier molecular flexibility index (Phi) is 8.88. The van der Waals surface area contributed by atoms with Crippen molar-refractivity contribution in [1.29, 1.82) is 0 Å². The van der Waals surface area contributed by atoms with Crippen molar-refractivity contribution in [3.8, 4) is 11.5 Å². The predicted octanol–water partition coefficient (Wildman–Crippen LogP) is 4.24. The van der Waals surface area contributed by atoms with Crippen LogP contribution in [0.25, 0.3) is 0 Å². The molecule has 0 saturated carbocycles. The second-order valence-electron chi connectivity index (χ2n) is 5.14. The maximum atomic E-state index is 10.1. The molecule has 0 atom stereocenters. The van der Waals surface area contributed by atoms with Crippen LogP contribution < -0.4 is 10.1 Å². The number of phenolic OH excluding ortho intramolecular Hbond substituents is 1. The maximum Gasteiger partial charge on any atom is 0.162 e. The zero-order chi connectivity index (χ0) is 14.6. The van der Waals surface area contributed by atoms with Crippen LogP contribution in [0, 0.1) is 0 Å². The predicted molar refractivity (Wildman–Crippen MR) is 84.4 cm³/mol. The van der Waals surface area contributed by atoms with Gasteiger partial charge in [0, 0.05) is 12.1 Å². The fraction of sp³-hybridized carbons (Fsp3) is 0.647. The van der Waals surface area contributed by atoms with Crippen molar-refractivity contribution in [2.45, 2.75) is 58.9 Å². The first kappa shape index (κ1) is 16.8. The number of nitrogens with one attached hydrogen (secondary N) is 1. The van der Waals surface area contributed by atoms with E-state index in [2.05, 4.69) is 12.2 Å². The Morgan fingerprint density at radius 3 is 2.55 bits per heavy atom. The van der Waals surface area contributed by atoms with E-state index < -0.39 is 0 Å². The number of unbranched alkanes of at least 4 members (excludes halogenated alkanes) is 5. The zero-order valence-electron chi connectivity index (χ0n) is 13.0. The third-order valence-electron chi connectivity index (χ3n) is 3.40. The first-order valence-electron chi connectivity index (χ1n) is 7.94. The molecule has 0 saturated heterocycles. The fourth-order valence-electron chi connectivity index (χ4n) is 2.24. The third kappa shape index (κ3) is 6.29. The van der Waals surface area contributed by atoms with Gasteiger partial charge in [0.2, 0.25) is 0 Å². The van der Waals surface area contributed by atoms with Crippen LogP contribution in [0.2, 0.25) is 0 Å². The van der Waals surface area contributed by atoms with Gasteiger partial charge in [0.15, 0.2) is 11.5 Å². The van der Waals surface area contributed by atoms with E-state index in [1.165, 1.54) is 38.5 Å². The molecule has 0 aliphatic rings. The molecule has 0 aromatic heterocycles. The van der Waals surface area contributed by atoms with Crippen molar-refractivity contribution in [2.24, 2.45) is 0 Å². The summed E-state index contributed by atoms with van der Waals surface area (Å²) in [5, 5.41) is 13.4. The van der Waals surface area contributed by atoms with Gasteiger partial charge < -0.3 is 15.2 Å². The van der Waals surface area contributed by atoms with Crippen LogP contribution in [0.1, 0.15) is 57.9 Å². The van der Waals surface area contributed by atoms with Gasteiger partial charge in [-0.25, -0.2) is 0 Å². The Morgan fingerprint density at radius 1 is 1.05 bits per heavy atom.